The highest BCUT2D eigenvalue weighted by molar-refractivity contribution is 5.94. The van der Waals surface area contributed by atoms with Crippen molar-refractivity contribution in [2.75, 3.05) is 39.3 Å². The molecule has 1 fully saturated rings. The number of hydrogen-bond donors (Lipinski definition) is 3. The number of carbonyl (C=O) groups excluding carboxylic acids is 2. The normalized spacial score (nSPS) is 16.6. The number of nitrogens with one attached hydrogen (secondary N) is 3. The number of rotatable bonds is 5. The Labute approximate surface area is 176 Å². The van der Waals surface area contributed by atoms with Crippen molar-refractivity contribution in [3.8, 4) is 0 Å². The van der Waals surface area contributed by atoms with Gasteiger partial charge < -0.3 is 15.5 Å². The number of fused-ring (bicyclic) bond motifs is 1. The second-order valence-electron chi connectivity index (χ2n) is 7.29. The van der Waals surface area contributed by atoms with Gasteiger partial charge in [0.15, 0.2) is 5.69 Å². The van der Waals surface area contributed by atoms with Crippen LogP contribution >= 0.6 is 12.4 Å². The Hall–Kier alpha value is -2.42. The van der Waals surface area contributed by atoms with Crippen LogP contribution in [0.4, 0.5) is 0 Å². The maximum atomic E-state index is 12.8. The van der Waals surface area contributed by atoms with E-state index in [0.29, 0.717) is 51.5 Å². The molecular weight excluding hydrogens is 392 g/mol. The first-order valence-electron chi connectivity index (χ1n) is 9.80. The number of benzene rings is 1. The van der Waals surface area contributed by atoms with Gasteiger partial charge in [-0.25, -0.2) is 0 Å². The molecule has 0 unspecified atom stereocenters. The minimum Gasteiger partial charge on any atom is -0.351 e. The predicted octanol–water partition coefficient (Wildman–Crippen LogP) is 0.551. The van der Waals surface area contributed by atoms with Crippen LogP contribution in [0.2, 0.25) is 0 Å². The van der Waals surface area contributed by atoms with Crippen LogP contribution in [0.3, 0.4) is 0 Å². The van der Waals surface area contributed by atoms with Crippen LogP contribution in [-0.4, -0.2) is 71.1 Å². The lowest BCUT2D eigenvalue weighted by Crippen LogP contribution is -2.51. The molecule has 1 saturated heterocycles. The number of piperazine rings is 1. The van der Waals surface area contributed by atoms with Gasteiger partial charge in [-0.15, -0.1) is 12.4 Å². The van der Waals surface area contributed by atoms with E-state index in [-0.39, 0.29) is 24.2 Å². The number of carbonyl (C=O) groups is 2. The highest BCUT2D eigenvalue weighted by atomic mass is 35.5. The Morgan fingerprint density at radius 3 is 2.62 bits per heavy atom. The van der Waals surface area contributed by atoms with Crippen LogP contribution in [0.5, 0.6) is 0 Å². The summed E-state index contributed by atoms with van der Waals surface area (Å²) in [5.74, 6) is -0.00884. The lowest BCUT2D eigenvalue weighted by Gasteiger charge is -2.34. The molecule has 2 aliphatic rings. The maximum absolute atomic E-state index is 12.8. The van der Waals surface area contributed by atoms with Gasteiger partial charge in [0.25, 0.3) is 5.91 Å². The molecule has 9 heteroatoms. The molecule has 0 bridgehead atoms. The van der Waals surface area contributed by atoms with E-state index in [9.17, 15) is 9.59 Å². The van der Waals surface area contributed by atoms with E-state index in [1.807, 2.05) is 35.2 Å². The molecule has 2 aliphatic heterocycles. The van der Waals surface area contributed by atoms with Crippen LogP contribution in [0, 0.1) is 0 Å². The summed E-state index contributed by atoms with van der Waals surface area (Å²) in [5, 5.41) is 13.5. The summed E-state index contributed by atoms with van der Waals surface area (Å²) in [6.07, 6.45) is 0.876. The van der Waals surface area contributed by atoms with E-state index >= 15 is 0 Å². The van der Waals surface area contributed by atoms with Gasteiger partial charge in [-0.2, -0.15) is 5.10 Å². The minimum atomic E-state index is -0.0191. The van der Waals surface area contributed by atoms with Crippen molar-refractivity contribution in [2.45, 2.75) is 19.5 Å². The number of nitrogens with zero attached hydrogens (tertiary/aromatic N) is 3. The van der Waals surface area contributed by atoms with Gasteiger partial charge in [0, 0.05) is 63.5 Å². The Morgan fingerprint density at radius 1 is 1.10 bits per heavy atom. The van der Waals surface area contributed by atoms with E-state index in [4.69, 9.17) is 0 Å². The first kappa shape index (κ1) is 21.3. The number of amides is 2. The molecular formula is C20H27ClN6O2. The number of hydrogen-bond acceptors (Lipinski definition) is 5. The molecule has 2 aromatic rings. The van der Waals surface area contributed by atoms with E-state index in [0.717, 1.165) is 29.8 Å². The van der Waals surface area contributed by atoms with Crippen molar-refractivity contribution < 1.29 is 9.59 Å². The molecule has 0 aliphatic carbocycles. The summed E-state index contributed by atoms with van der Waals surface area (Å²) in [4.78, 5) is 29.0. The average molecular weight is 419 g/mol. The monoisotopic (exact) mass is 418 g/mol. The molecule has 3 N–H and O–H groups in total. The van der Waals surface area contributed by atoms with Gasteiger partial charge in [0.05, 0.1) is 6.54 Å². The van der Waals surface area contributed by atoms with Gasteiger partial charge in [-0.3, -0.25) is 19.6 Å². The third kappa shape index (κ3) is 5.14. The molecule has 4 rings (SSSR count). The lowest BCUT2D eigenvalue weighted by atomic mass is 10.1. The fourth-order valence-electron chi connectivity index (χ4n) is 3.72. The molecule has 156 valence electrons. The summed E-state index contributed by atoms with van der Waals surface area (Å²) in [6, 6.07) is 9.87. The SMILES string of the molecule is Cl.O=C(CN1CCN(C(=O)c2n[nH]c3c2CNCC3)CC1)NCc1ccccc1. The average Bonchev–Trinajstić information content (AvgIpc) is 3.17. The van der Waals surface area contributed by atoms with Gasteiger partial charge in [0.1, 0.15) is 0 Å². The highest BCUT2D eigenvalue weighted by Crippen LogP contribution is 2.17. The van der Waals surface area contributed by atoms with Crippen LogP contribution in [0.25, 0.3) is 0 Å². The third-order valence-electron chi connectivity index (χ3n) is 5.37. The summed E-state index contributed by atoms with van der Waals surface area (Å²) in [6.45, 7) is 5.10. The van der Waals surface area contributed by atoms with Crippen molar-refractivity contribution in [1.29, 1.82) is 0 Å². The van der Waals surface area contributed by atoms with Crippen LogP contribution < -0.4 is 10.6 Å². The molecule has 0 saturated carbocycles. The van der Waals surface area contributed by atoms with E-state index in [2.05, 4.69) is 25.7 Å². The topological polar surface area (TPSA) is 93.4 Å². The second kappa shape index (κ2) is 9.87. The van der Waals surface area contributed by atoms with Crippen molar-refractivity contribution in [3.63, 3.8) is 0 Å². The van der Waals surface area contributed by atoms with Gasteiger partial charge in [0.2, 0.25) is 5.91 Å². The van der Waals surface area contributed by atoms with Gasteiger partial charge in [-0.1, -0.05) is 30.3 Å². The maximum Gasteiger partial charge on any atom is 0.274 e. The molecule has 0 atom stereocenters. The quantitative estimate of drug-likeness (QED) is 0.659. The number of halogens is 1. The second-order valence-corrected chi connectivity index (χ2v) is 7.29. The molecule has 29 heavy (non-hydrogen) atoms. The summed E-state index contributed by atoms with van der Waals surface area (Å²) >= 11 is 0. The fourth-order valence-corrected chi connectivity index (χ4v) is 3.72. The Morgan fingerprint density at radius 2 is 1.86 bits per heavy atom. The van der Waals surface area contributed by atoms with E-state index < -0.39 is 0 Å². The van der Waals surface area contributed by atoms with Crippen LogP contribution in [-0.2, 0) is 24.3 Å². The zero-order chi connectivity index (χ0) is 19.3. The van der Waals surface area contributed by atoms with Crippen molar-refractivity contribution in [1.82, 2.24) is 30.6 Å². The number of aromatic amines is 1. The Balaban J connectivity index is 0.00000240. The molecule has 1 aromatic carbocycles. The zero-order valence-corrected chi connectivity index (χ0v) is 17.1. The smallest absolute Gasteiger partial charge is 0.274 e. The lowest BCUT2D eigenvalue weighted by molar-refractivity contribution is -0.122. The Bertz CT molecular complexity index is 833. The van der Waals surface area contributed by atoms with Gasteiger partial charge >= 0.3 is 0 Å². The standard InChI is InChI=1S/C20H26N6O2.ClH/c27-18(22-12-15-4-2-1-3-5-15)14-25-8-10-26(11-9-25)20(28)19-16-13-21-7-6-17(16)23-24-19;/h1-5,21H,6-14H2,(H,22,27)(H,23,24);1H. The number of H-pyrrole nitrogens is 1. The minimum absolute atomic E-state index is 0. The summed E-state index contributed by atoms with van der Waals surface area (Å²) in [5.41, 5.74) is 3.69. The highest BCUT2D eigenvalue weighted by Gasteiger charge is 2.28. The van der Waals surface area contributed by atoms with Gasteiger partial charge in [-0.05, 0) is 5.56 Å². The van der Waals surface area contributed by atoms with Crippen LogP contribution in [0.1, 0.15) is 27.3 Å². The molecule has 3 heterocycles. The molecule has 2 amide bonds. The van der Waals surface area contributed by atoms with E-state index in [1.54, 1.807) is 0 Å². The summed E-state index contributed by atoms with van der Waals surface area (Å²) in [7, 11) is 0. The molecule has 0 radical (unpaired) electrons. The fraction of sp³-hybridized carbons (Fsp3) is 0.450. The third-order valence-corrected chi connectivity index (χ3v) is 5.37. The van der Waals surface area contributed by atoms with Crippen molar-refractivity contribution in [2.24, 2.45) is 0 Å². The molecule has 1 aromatic heterocycles. The van der Waals surface area contributed by atoms with Crippen molar-refractivity contribution in [3.05, 3.63) is 52.8 Å². The molecule has 0 spiro atoms. The predicted molar refractivity (Wildman–Crippen MR) is 112 cm³/mol. The van der Waals surface area contributed by atoms with E-state index in [1.165, 1.54) is 0 Å². The summed E-state index contributed by atoms with van der Waals surface area (Å²) < 4.78 is 0. The largest absolute Gasteiger partial charge is 0.351 e. The number of aromatic nitrogens is 2. The first-order valence-corrected chi connectivity index (χ1v) is 9.80. The zero-order valence-electron chi connectivity index (χ0n) is 16.3. The molecule has 8 nitrogen and oxygen atoms in total. The Kier molecular flexibility index (Phi) is 7.24. The first-order chi connectivity index (χ1) is 13.7. The van der Waals surface area contributed by atoms with Crippen LogP contribution in [0.15, 0.2) is 30.3 Å². The van der Waals surface area contributed by atoms with Crippen molar-refractivity contribution >= 4 is 24.2 Å².